The number of sulfonamides is 1. The average Bonchev–Trinajstić information content (AvgIpc) is 2.76. The summed E-state index contributed by atoms with van der Waals surface area (Å²) >= 11 is 0.775. The molecule has 2 aromatic rings. The second-order valence-corrected chi connectivity index (χ2v) is 13.2. The lowest BCUT2D eigenvalue weighted by Crippen LogP contribution is -2.44. The SMILES string of the molecule is CC(C)(C)CC[C@@]1(C)C(=O)C(C2=NSc3cc(NS(C)(=O)=O)cc(O)c3N2O)=C(O)c2cc(F)ccc21. The Kier molecular flexibility index (Phi) is 6.58. The number of nitrogens with zero attached hydrogens (tertiary/aromatic N) is 2. The number of rotatable bonds is 5. The Morgan fingerprint density at radius 3 is 2.49 bits per heavy atom. The lowest BCUT2D eigenvalue weighted by molar-refractivity contribution is -0.120. The molecule has 9 nitrogen and oxygen atoms in total. The van der Waals surface area contributed by atoms with Crippen molar-refractivity contribution in [1.29, 1.82) is 0 Å². The first-order chi connectivity index (χ1) is 17.0. The maximum absolute atomic E-state index is 14.2. The number of aromatic hydroxyl groups is 1. The number of anilines is 2. The quantitative estimate of drug-likeness (QED) is 0.375. The zero-order valence-electron chi connectivity index (χ0n) is 21.0. The molecule has 0 saturated carbocycles. The van der Waals surface area contributed by atoms with E-state index in [0.29, 0.717) is 23.5 Å². The third kappa shape index (κ3) is 5.05. The van der Waals surface area contributed by atoms with Crippen molar-refractivity contribution in [2.45, 2.75) is 50.8 Å². The highest BCUT2D eigenvalue weighted by Gasteiger charge is 2.47. The molecule has 0 radical (unpaired) electrons. The number of hydrogen-bond donors (Lipinski definition) is 4. The molecule has 1 aliphatic carbocycles. The summed E-state index contributed by atoms with van der Waals surface area (Å²) in [6.45, 7) is 7.82. The Morgan fingerprint density at radius 2 is 1.86 bits per heavy atom. The maximum atomic E-state index is 14.2. The monoisotopic (exact) mass is 549 g/mol. The van der Waals surface area contributed by atoms with Gasteiger partial charge in [-0.3, -0.25) is 14.7 Å². The summed E-state index contributed by atoms with van der Waals surface area (Å²) in [5, 5.41) is 33.3. The van der Waals surface area contributed by atoms with Crippen molar-refractivity contribution in [2.24, 2.45) is 9.81 Å². The van der Waals surface area contributed by atoms with Crippen LogP contribution in [0.25, 0.3) is 5.76 Å². The van der Waals surface area contributed by atoms with Gasteiger partial charge in [-0.05, 0) is 48.9 Å². The predicted octanol–water partition coefficient (Wildman–Crippen LogP) is 5.15. The minimum Gasteiger partial charge on any atom is -0.506 e. The van der Waals surface area contributed by atoms with Gasteiger partial charge in [0.05, 0.1) is 22.3 Å². The van der Waals surface area contributed by atoms with Crippen LogP contribution in [-0.4, -0.2) is 41.7 Å². The second-order valence-electron chi connectivity index (χ2n) is 10.7. The number of halogens is 1. The summed E-state index contributed by atoms with van der Waals surface area (Å²) in [4.78, 5) is 14.2. The van der Waals surface area contributed by atoms with E-state index in [1.807, 2.05) is 20.8 Å². The highest BCUT2D eigenvalue weighted by Crippen LogP contribution is 2.48. The van der Waals surface area contributed by atoms with Gasteiger partial charge in [0, 0.05) is 23.6 Å². The van der Waals surface area contributed by atoms with Gasteiger partial charge in [-0.15, -0.1) is 0 Å². The van der Waals surface area contributed by atoms with E-state index in [1.54, 1.807) is 6.92 Å². The average molecular weight is 550 g/mol. The minimum atomic E-state index is -3.64. The molecular formula is C25H28FN3O6S2. The number of hydroxylamine groups is 1. The number of phenolic OH excluding ortho intramolecular Hbond substituents is 1. The van der Waals surface area contributed by atoms with Crippen molar-refractivity contribution in [2.75, 3.05) is 16.0 Å². The molecule has 0 bridgehead atoms. The minimum absolute atomic E-state index is 0.0493. The lowest BCUT2D eigenvalue weighted by atomic mass is 9.65. The molecule has 2 aliphatic rings. The summed E-state index contributed by atoms with van der Waals surface area (Å²) in [5.74, 6) is -2.48. The molecule has 0 spiro atoms. The van der Waals surface area contributed by atoms with Crippen LogP contribution in [-0.2, 0) is 20.2 Å². The number of carbonyl (C=O) groups excluding carboxylic acids is 1. The Hall–Kier alpha value is -3.09. The predicted molar refractivity (Wildman–Crippen MR) is 141 cm³/mol. The molecule has 198 valence electrons. The smallest absolute Gasteiger partial charge is 0.229 e. The summed E-state index contributed by atoms with van der Waals surface area (Å²) < 4.78 is 43.9. The van der Waals surface area contributed by atoms with Gasteiger partial charge in [0.1, 0.15) is 28.6 Å². The van der Waals surface area contributed by atoms with E-state index in [1.165, 1.54) is 18.2 Å². The Bertz CT molecular complexity index is 1480. The number of aliphatic hydroxyl groups excluding tert-OH is 1. The number of hydrogen-bond acceptors (Lipinski definition) is 9. The first-order valence-electron chi connectivity index (χ1n) is 11.4. The molecule has 1 heterocycles. The van der Waals surface area contributed by atoms with E-state index in [-0.39, 0.29) is 38.7 Å². The van der Waals surface area contributed by atoms with E-state index in [9.17, 15) is 33.0 Å². The fourth-order valence-corrected chi connectivity index (χ4v) is 5.81. The van der Waals surface area contributed by atoms with Crippen LogP contribution < -0.4 is 9.79 Å². The largest absolute Gasteiger partial charge is 0.506 e. The fourth-order valence-electron chi connectivity index (χ4n) is 4.45. The molecule has 0 amide bonds. The number of amidine groups is 1. The van der Waals surface area contributed by atoms with Crippen molar-refractivity contribution >= 4 is 50.7 Å². The molecule has 0 unspecified atom stereocenters. The van der Waals surface area contributed by atoms with E-state index in [4.69, 9.17) is 0 Å². The van der Waals surface area contributed by atoms with Crippen LogP contribution in [0.15, 0.2) is 45.2 Å². The van der Waals surface area contributed by atoms with Gasteiger partial charge >= 0.3 is 0 Å². The topological polar surface area (TPSA) is 140 Å². The zero-order chi connectivity index (χ0) is 27.5. The van der Waals surface area contributed by atoms with Crippen LogP contribution in [0.4, 0.5) is 15.8 Å². The number of benzene rings is 2. The molecule has 4 N–H and O–H groups in total. The van der Waals surface area contributed by atoms with Crippen LogP contribution in [0.5, 0.6) is 5.75 Å². The molecule has 0 saturated heterocycles. The van der Waals surface area contributed by atoms with E-state index in [2.05, 4.69) is 9.12 Å². The molecule has 1 aliphatic heterocycles. The molecule has 12 heteroatoms. The Labute approximate surface area is 218 Å². The Balaban J connectivity index is 1.84. The normalized spacial score (nSPS) is 19.9. The lowest BCUT2D eigenvalue weighted by Gasteiger charge is -2.38. The number of ketones is 1. The molecule has 37 heavy (non-hydrogen) atoms. The molecule has 2 aromatic carbocycles. The number of carbonyl (C=O) groups is 1. The van der Waals surface area contributed by atoms with Crippen LogP contribution in [0.3, 0.4) is 0 Å². The third-order valence-electron chi connectivity index (χ3n) is 6.40. The van der Waals surface area contributed by atoms with Crippen LogP contribution >= 0.6 is 11.9 Å². The fraction of sp³-hybridized carbons (Fsp3) is 0.360. The first-order valence-corrected chi connectivity index (χ1v) is 14.1. The number of aliphatic hydroxyl groups is 1. The van der Waals surface area contributed by atoms with E-state index < -0.39 is 38.5 Å². The van der Waals surface area contributed by atoms with E-state index >= 15 is 0 Å². The summed E-state index contributed by atoms with van der Waals surface area (Å²) in [7, 11) is -3.64. The number of phenols is 1. The van der Waals surface area contributed by atoms with Crippen molar-refractivity contribution in [1.82, 2.24) is 0 Å². The van der Waals surface area contributed by atoms with Crippen LogP contribution in [0.2, 0.25) is 0 Å². The third-order valence-corrected chi connectivity index (χ3v) is 7.77. The van der Waals surface area contributed by atoms with Crippen LogP contribution in [0, 0.1) is 11.2 Å². The molecule has 1 atom stereocenters. The van der Waals surface area contributed by atoms with Gasteiger partial charge in [-0.1, -0.05) is 26.8 Å². The van der Waals surface area contributed by atoms with Gasteiger partial charge < -0.3 is 10.2 Å². The van der Waals surface area contributed by atoms with Gasteiger partial charge in [0.15, 0.2) is 11.6 Å². The summed E-state index contributed by atoms with van der Waals surface area (Å²) in [5.41, 5.74) is -1.09. The maximum Gasteiger partial charge on any atom is 0.229 e. The van der Waals surface area contributed by atoms with Crippen molar-refractivity contribution in [3.63, 3.8) is 0 Å². The number of nitrogens with one attached hydrogen (secondary N) is 1. The van der Waals surface area contributed by atoms with Crippen molar-refractivity contribution in [3.8, 4) is 5.75 Å². The summed E-state index contributed by atoms with van der Waals surface area (Å²) in [6, 6.07) is 6.33. The molecule has 0 aromatic heterocycles. The number of fused-ring (bicyclic) bond motifs is 2. The summed E-state index contributed by atoms with van der Waals surface area (Å²) in [6.07, 6.45) is 1.98. The number of Topliss-reactive ketones (excluding diaryl/α,β-unsaturated/α-hetero) is 1. The zero-order valence-corrected chi connectivity index (χ0v) is 22.6. The van der Waals surface area contributed by atoms with Crippen molar-refractivity contribution in [3.05, 3.63) is 52.8 Å². The second kappa shape index (κ2) is 9.03. The van der Waals surface area contributed by atoms with Gasteiger partial charge in [-0.25, -0.2) is 12.8 Å². The molecular weight excluding hydrogens is 521 g/mol. The molecule has 4 rings (SSSR count). The van der Waals surface area contributed by atoms with Crippen molar-refractivity contribution < 1.29 is 33.0 Å². The van der Waals surface area contributed by atoms with Gasteiger partial charge in [-0.2, -0.15) is 9.46 Å². The highest BCUT2D eigenvalue weighted by atomic mass is 32.2. The van der Waals surface area contributed by atoms with Gasteiger partial charge in [0.25, 0.3) is 0 Å². The first kappa shape index (κ1) is 27.0. The Morgan fingerprint density at radius 1 is 1.19 bits per heavy atom. The highest BCUT2D eigenvalue weighted by molar-refractivity contribution is 7.98. The standard InChI is InChI=1S/C25H28FN3O6S2/c1-24(2,3)8-9-25(4)16-7-6-13(26)10-15(16)21(31)19(22(25)32)23-27-36-18-12-14(28-37(5,34)35)11-17(30)20(18)29(23)33/h6-7,10-12,28,30-31,33H,8-9H2,1-5H3/t25-/m1/s1. The van der Waals surface area contributed by atoms with E-state index in [0.717, 1.165) is 30.3 Å². The molecule has 0 fully saturated rings. The van der Waals surface area contributed by atoms with Gasteiger partial charge in [0.2, 0.25) is 10.0 Å². The van der Waals surface area contributed by atoms with Crippen LogP contribution in [0.1, 0.15) is 51.7 Å².